The number of benzene rings is 2. The molecule has 0 radical (unpaired) electrons. The maximum absolute atomic E-state index is 6.48. The number of halogens is 2. The molecule has 0 heterocycles. The predicted molar refractivity (Wildman–Crippen MR) is 81.5 cm³/mol. The van der Waals surface area contributed by atoms with Gasteiger partial charge in [-0.2, -0.15) is 0 Å². The number of ether oxygens (including phenoxy) is 1. The lowest BCUT2D eigenvalue weighted by atomic mass is 10.0. The zero-order chi connectivity index (χ0) is 13.8. The second kappa shape index (κ2) is 6.31. The molecule has 0 saturated carbocycles. The molecule has 0 aliphatic rings. The van der Waals surface area contributed by atoms with Crippen molar-refractivity contribution in [3.05, 3.63) is 64.2 Å². The predicted octanol–water partition coefficient (Wildman–Crippen LogP) is 5.18. The zero-order valence-electron chi connectivity index (χ0n) is 11.0. The molecule has 0 aliphatic carbocycles. The summed E-state index contributed by atoms with van der Waals surface area (Å²) in [5, 5.41) is 0.669. The minimum atomic E-state index is -0.0930. The highest BCUT2D eigenvalue weighted by Gasteiger charge is 2.12. The molecule has 0 aliphatic heterocycles. The van der Waals surface area contributed by atoms with Crippen LogP contribution in [-0.4, -0.2) is 7.11 Å². The first-order valence-electron chi connectivity index (χ1n) is 6.14. The monoisotopic (exact) mass is 294 g/mol. The Morgan fingerprint density at radius 2 is 1.89 bits per heavy atom. The van der Waals surface area contributed by atoms with Gasteiger partial charge in [-0.25, -0.2) is 0 Å². The molecular weight excluding hydrogens is 279 g/mol. The summed E-state index contributed by atoms with van der Waals surface area (Å²) in [6.07, 6.45) is 0.715. The Balaban J connectivity index is 2.18. The molecule has 2 aromatic rings. The molecule has 19 heavy (non-hydrogen) atoms. The second-order valence-electron chi connectivity index (χ2n) is 4.49. The van der Waals surface area contributed by atoms with Crippen molar-refractivity contribution in [2.75, 3.05) is 7.11 Å². The SMILES string of the molecule is COc1ccc(C(Cl)Cc2ccccc2Cl)cc1C. The van der Waals surface area contributed by atoms with Crippen LogP contribution in [0.15, 0.2) is 42.5 Å². The van der Waals surface area contributed by atoms with E-state index in [0.29, 0.717) is 6.42 Å². The number of alkyl halides is 1. The standard InChI is InChI=1S/C16H16Cl2O/c1-11-9-13(7-8-16(11)19-2)15(18)10-12-5-3-4-6-14(12)17/h3-9,15H,10H2,1-2H3. The Morgan fingerprint density at radius 3 is 2.53 bits per heavy atom. The summed E-state index contributed by atoms with van der Waals surface area (Å²) in [6.45, 7) is 2.02. The molecule has 0 aromatic heterocycles. The van der Waals surface area contributed by atoms with Gasteiger partial charge in [-0.1, -0.05) is 41.9 Å². The van der Waals surface area contributed by atoms with Crippen molar-refractivity contribution in [1.29, 1.82) is 0 Å². The van der Waals surface area contributed by atoms with Crippen LogP contribution < -0.4 is 4.74 Å². The Morgan fingerprint density at radius 1 is 1.16 bits per heavy atom. The highest BCUT2D eigenvalue weighted by atomic mass is 35.5. The van der Waals surface area contributed by atoms with Crippen LogP contribution in [0.1, 0.15) is 22.1 Å². The average Bonchev–Trinajstić information content (AvgIpc) is 2.41. The summed E-state index contributed by atoms with van der Waals surface area (Å²) in [7, 11) is 1.67. The van der Waals surface area contributed by atoms with Crippen LogP contribution in [0.5, 0.6) is 5.75 Å². The maximum atomic E-state index is 6.48. The van der Waals surface area contributed by atoms with Crippen molar-refractivity contribution in [3.63, 3.8) is 0 Å². The Hall–Kier alpha value is -1.18. The van der Waals surface area contributed by atoms with E-state index in [9.17, 15) is 0 Å². The minimum Gasteiger partial charge on any atom is -0.496 e. The third-order valence-corrected chi connectivity index (χ3v) is 3.91. The molecule has 2 rings (SSSR count). The van der Waals surface area contributed by atoms with Crippen molar-refractivity contribution in [3.8, 4) is 5.75 Å². The van der Waals surface area contributed by atoms with Gasteiger partial charge in [0.15, 0.2) is 0 Å². The molecule has 0 amide bonds. The van der Waals surface area contributed by atoms with Gasteiger partial charge in [0.25, 0.3) is 0 Å². The number of hydrogen-bond acceptors (Lipinski definition) is 1. The second-order valence-corrected chi connectivity index (χ2v) is 5.43. The molecule has 0 saturated heterocycles. The Labute approximate surface area is 124 Å². The fourth-order valence-corrected chi connectivity index (χ4v) is 2.59. The number of aryl methyl sites for hydroxylation is 1. The van der Waals surface area contributed by atoms with Crippen LogP contribution in [-0.2, 0) is 6.42 Å². The van der Waals surface area contributed by atoms with Crippen LogP contribution in [0.3, 0.4) is 0 Å². The van der Waals surface area contributed by atoms with Gasteiger partial charge >= 0.3 is 0 Å². The molecule has 0 bridgehead atoms. The molecular formula is C16H16Cl2O. The number of hydrogen-bond donors (Lipinski definition) is 0. The van der Waals surface area contributed by atoms with Crippen molar-refractivity contribution in [2.45, 2.75) is 18.7 Å². The summed E-state index contributed by atoms with van der Waals surface area (Å²) in [5.41, 5.74) is 3.24. The quantitative estimate of drug-likeness (QED) is 0.706. The highest BCUT2D eigenvalue weighted by molar-refractivity contribution is 6.31. The van der Waals surface area contributed by atoms with E-state index in [-0.39, 0.29) is 5.38 Å². The van der Waals surface area contributed by atoms with E-state index in [1.165, 1.54) is 0 Å². The summed E-state index contributed by atoms with van der Waals surface area (Å²) < 4.78 is 5.25. The molecule has 1 atom stereocenters. The molecule has 0 fully saturated rings. The van der Waals surface area contributed by atoms with Crippen LogP contribution in [0.2, 0.25) is 5.02 Å². The minimum absolute atomic E-state index is 0.0930. The third-order valence-electron chi connectivity index (χ3n) is 3.14. The van der Waals surface area contributed by atoms with Gasteiger partial charge in [0, 0.05) is 5.02 Å². The normalized spacial score (nSPS) is 12.2. The van der Waals surface area contributed by atoms with Crippen LogP contribution >= 0.6 is 23.2 Å². The van der Waals surface area contributed by atoms with E-state index in [1.54, 1.807) is 7.11 Å². The fraction of sp³-hybridized carbons (Fsp3) is 0.250. The smallest absolute Gasteiger partial charge is 0.121 e. The van der Waals surface area contributed by atoms with Crippen molar-refractivity contribution < 1.29 is 4.74 Å². The van der Waals surface area contributed by atoms with Gasteiger partial charge in [-0.3, -0.25) is 0 Å². The van der Waals surface area contributed by atoms with Gasteiger partial charge in [0.2, 0.25) is 0 Å². The van der Waals surface area contributed by atoms with Gasteiger partial charge in [0.05, 0.1) is 12.5 Å². The van der Waals surface area contributed by atoms with E-state index in [2.05, 4.69) is 6.07 Å². The molecule has 0 spiro atoms. The van der Waals surface area contributed by atoms with Gasteiger partial charge in [0.1, 0.15) is 5.75 Å². The maximum Gasteiger partial charge on any atom is 0.121 e. The first-order valence-corrected chi connectivity index (χ1v) is 6.95. The van der Waals surface area contributed by atoms with Crippen LogP contribution in [0.4, 0.5) is 0 Å². The molecule has 0 N–H and O–H groups in total. The number of rotatable bonds is 4. The van der Waals surface area contributed by atoms with Crippen molar-refractivity contribution in [2.24, 2.45) is 0 Å². The lowest BCUT2D eigenvalue weighted by Crippen LogP contribution is -1.98. The number of methoxy groups -OCH3 is 1. The van der Waals surface area contributed by atoms with Gasteiger partial charge < -0.3 is 4.74 Å². The third kappa shape index (κ3) is 3.43. The van der Waals surface area contributed by atoms with Gasteiger partial charge in [-0.05, 0) is 42.2 Å². The van der Waals surface area contributed by atoms with Crippen LogP contribution in [0.25, 0.3) is 0 Å². The average molecular weight is 295 g/mol. The van der Waals surface area contributed by atoms with Gasteiger partial charge in [-0.15, -0.1) is 11.6 Å². The lowest BCUT2D eigenvalue weighted by molar-refractivity contribution is 0.411. The lowest BCUT2D eigenvalue weighted by Gasteiger charge is -2.13. The van der Waals surface area contributed by atoms with E-state index in [4.69, 9.17) is 27.9 Å². The highest BCUT2D eigenvalue weighted by Crippen LogP contribution is 2.30. The van der Waals surface area contributed by atoms with E-state index in [1.807, 2.05) is 43.3 Å². The topological polar surface area (TPSA) is 9.23 Å². The Bertz CT molecular complexity index is 566. The summed E-state index contributed by atoms with van der Waals surface area (Å²) in [6, 6.07) is 13.8. The molecule has 2 aromatic carbocycles. The van der Waals surface area contributed by atoms with Crippen molar-refractivity contribution >= 4 is 23.2 Å². The van der Waals surface area contributed by atoms with E-state index < -0.39 is 0 Å². The molecule has 1 unspecified atom stereocenters. The molecule has 100 valence electrons. The first kappa shape index (κ1) is 14.2. The van der Waals surface area contributed by atoms with Crippen LogP contribution in [0, 0.1) is 6.92 Å². The Kier molecular flexibility index (Phi) is 4.73. The largest absolute Gasteiger partial charge is 0.496 e. The van der Waals surface area contributed by atoms with Crippen molar-refractivity contribution in [1.82, 2.24) is 0 Å². The first-order chi connectivity index (χ1) is 9.11. The summed E-state index contributed by atoms with van der Waals surface area (Å²) in [5.74, 6) is 0.880. The molecule has 1 nitrogen and oxygen atoms in total. The summed E-state index contributed by atoms with van der Waals surface area (Å²) in [4.78, 5) is 0. The van der Waals surface area contributed by atoms with E-state index in [0.717, 1.165) is 27.5 Å². The summed E-state index contributed by atoms with van der Waals surface area (Å²) >= 11 is 12.6. The molecule has 3 heteroatoms. The van der Waals surface area contributed by atoms with E-state index >= 15 is 0 Å². The fourth-order valence-electron chi connectivity index (χ4n) is 2.07. The zero-order valence-corrected chi connectivity index (χ0v) is 12.5.